The second-order valence-corrected chi connectivity index (χ2v) is 10.9. The predicted molar refractivity (Wildman–Crippen MR) is 120 cm³/mol. The highest BCUT2D eigenvalue weighted by atomic mass is 16.3. The fourth-order valence-electron chi connectivity index (χ4n) is 5.58. The van der Waals surface area contributed by atoms with E-state index < -0.39 is 5.60 Å². The Balaban J connectivity index is 2.02. The molecular weight excluding hydrogens is 344 g/mol. The largest absolute Gasteiger partial charge is 0.393 e. The van der Waals surface area contributed by atoms with Crippen LogP contribution in [0.25, 0.3) is 0 Å². The summed E-state index contributed by atoms with van der Waals surface area (Å²) in [5, 5.41) is 19.9. The molecule has 162 valence electrons. The molecule has 2 heteroatoms. The molecule has 0 aromatic rings. The van der Waals surface area contributed by atoms with E-state index in [9.17, 15) is 10.2 Å². The van der Waals surface area contributed by atoms with Gasteiger partial charge in [-0.05, 0) is 88.4 Å². The van der Waals surface area contributed by atoms with Crippen molar-refractivity contribution in [3.05, 3.63) is 23.3 Å². The Morgan fingerprint density at radius 1 is 1.18 bits per heavy atom. The zero-order chi connectivity index (χ0) is 20.9. The van der Waals surface area contributed by atoms with Gasteiger partial charge in [0.05, 0.1) is 11.7 Å². The topological polar surface area (TPSA) is 40.5 Å². The lowest BCUT2D eigenvalue weighted by Gasteiger charge is -2.48. The van der Waals surface area contributed by atoms with Crippen molar-refractivity contribution in [3.8, 4) is 0 Å². The molecule has 0 aromatic heterocycles. The van der Waals surface area contributed by atoms with Gasteiger partial charge in [-0.1, -0.05) is 63.8 Å². The molecule has 0 bridgehead atoms. The summed E-state index contributed by atoms with van der Waals surface area (Å²) in [7, 11) is 0. The molecule has 5 atom stereocenters. The van der Waals surface area contributed by atoms with Crippen molar-refractivity contribution < 1.29 is 10.2 Å². The minimum atomic E-state index is -0.541. The maximum atomic E-state index is 10.00. The second-order valence-electron chi connectivity index (χ2n) is 10.9. The molecule has 0 amide bonds. The van der Waals surface area contributed by atoms with E-state index in [0.29, 0.717) is 23.2 Å². The molecule has 4 unspecified atom stereocenters. The zero-order valence-electron chi connectivity index (χ0n) is 19.4. The van der Waals surface area contributed by atoms with Gasteiger partial charge in [0.1, 0.15) is 0 Å². The number of aliphatic hydroxyl groups is 2. The molecule has 0 aliphatic heterocycles. The first-order valence-corrected chi connectivity index (χ1v) is 11.8. The number of allylic oxidation sites excluding steroid dienone is 3. The molecule has 0 radical (unpaired) electrons. The van der Waals surface area contributed by atoms with Crippen molar-refractivity contribution in [2.24, 2.45) is 23.2 Å². The van der Waals surface area contributed by atoms with Gasteiger partial charge in [-0.25, -0.2) is 0 Å². The van der Waals surface area contributed by atoms with Crippen LogP contribution in [0.1, 0.15) is 106 Å². The lowest BCUT2D eigenvalue weighted by molar-refractivity contribution is 0.0470. The summed E-state index contributed by atoms with van der Waals surface area (Å²) < 4.78 is 0. The van der Waals surface area contributed by atoms with Crippen LogP contribution in [-0.4, -0.2) is 21.9 Å². The lowest BCUT2D eigenvalue weighted by atomic mass is 9.57. The molecule has 2 aliphatic carbocycles. The summed E-state index contributed by atoms with van der Waals surface area (Å²) in [4.78, 5) is 0. The summed E-state index contributed by atoms with van der Waals surface area (Å²) in [5.41, 5.74) is 2.85. The van der Waals surface area contributed by atoms with Crippen LogP contribution in [0.15, 0.2) is 23.3 Å². The summed E-state index contributed by atoms with van der Waals surface area (Å²) in [6, 6.07) is 0. The molecule has 2 saturated carbocycles. The van der Waals surface area contributed by atoms with Crippen LogP contribution in [0.4, 0.5) is 0 Å². The summed E-state index contributed by atoms with van der Waals surface area (Å²) in [6.45, 7) is 13.7. The monoisotopic (exact) mass is 390 g/mol. The molecule has 0 spiro atoms. The van der Waals surface area contributed by atoms with Crippen molar-refractivity contribution in [1.82, 2.24) is 0 Å². The van der Waals surface area contributed by atoms with Crippen LogP contribution in [0.5, 0.6) is 0 Å². The number of rotatable bonds is 7. The highest BCUT2D eigenvalue weighted by molar-refractivity contribution is 5.23. The molecule has 2 N–H and O–H groups in total. The fourth-order valence-corrected chi connectivity index (χ4v) is 5.58. The van der Waals surface area contributed by atoms with Crippen molar-refractivity contribution in [1.29, 1.82) is 0 Å². The lowest BCUT2D eigenvalue weighted by Crippen LogP contribution is -2.39. The minimum Gasteiger partial charge on any atom is -0.393 e. The predicted octanol–water partition coefficient (Wildman–Crippen LogP) is 6.81. The number of aliphatic hydroxyl groups excluding tert-OH is 1. The minimum absolute atomic E-state index is 0.128. The first kappa shape index (κ1) is 23.7. The van der Waals surface area contributed by atoms with E-state index in [1.165, 1.54) is 31.3 Å². The van der Waals surface area contributed by atoms with Gasteiger partial charge in [-0.3, -0.25) is 0 Å². The quantitative estimate of drug-likeness (QED) is 0.501. The van der Waals surface area contributed by atoms with Crippen molar-refractivity contribution in [3.63, 3.8) is 0 Å². The molecular formula is C26H46O2. The highest BCUT2D eigenvalue weighted by Gasteiger charge is 2.42. The Hall–Kier alpha value is -0.600. The van der Waals surface area contributed by atoms with Gasteiger partial charge in [0, 0.05) is 0 Å². The molecule has 2 nitrogen and oxygen atoms in total. The van der Waals surface area contributed by atoms with Gasteiger partial charge >= 0.3 is 0 Å². The smallest absolute Gasteiger partial charge is 0.0591 e. The maximum absolute atomic E-state index is 10.00. The third kappa shape index (κ3) is 6.46. The van der Waals surface area contributed by atoms with E-state index in [0.717, 1.165) is 38.5 Å². The molecule has 2 fully saturated rings. The Morgan fingerprint density at radius 3 is 2.54 bits per heavy atom. The van der Waals surface area contributed by atoms with Gasteiger partial charge in [0.2, 0.25) is 0 Å². The van der Waals surface area contributed by atoms with Gasteiger partial charge in [-0.15, -0.1) is 0 Å². The van der Waals surface area contributed by atoms with Gasteiger partial charge < -0.3 is 10.2 Å². The Bertz CT molecular complexity index is 553. The third-order valence-corrected chi connectivity index (χ3v) is 8.13. The average Bonchev–Trinajstić information content (AvgIpc) is 2.61. The fraction of sp³-hybridized carbons (Fsp3) is 0.846. The van der Waals surface area contributed by atoms with Crippen LogP contribution in [-0.2, 0) is 0 Å². The molecule has 0 saturated heterocycles. The van der Waals surface area contributed by atoms with E-state index in [1.54, 1.807) is 5.57 Å². The summed E-state index contributed by atoms with van der Waals surface area (Å²) in [5.74, 6) is 1.97. The van der Waals surface area contributed by atoms with Crippen LogP contribution < -0.4 is 0 Å². The summed E-state index contributed by atoms with van der Waals surface area (Å²) in [6.07, 6.45) is 15.8. The van der Waals surface area contributed by atoms with E-state index in [2.05, 4.69) is 39.8 Å². The Morgan fingerprint density at radius 2 is 1.89 bits per heavy atom. The average molecular weight is 391 g/mol. The highest BCUT2D eigenvalue weighted by Crippen LogP contribution is 2.51. The molecule has 28 heavy (non-hydrogen) atoms. The van der Waals surface area contributed by atoms with E-state index in [1.807, 2.05) is 13.8 Å². The zero-order valence-corrected chi connectivity index (χ0v) is 19.4. The first-order valence-electron chi connectivity index (χ1n) is 11.8. The van der Waals surface area contributed by atoms with Crippen molar-refractivity contribution >= 4 is 0 Å². The van der Waals surface area contributed by atoms with E-state index >= 15 is 0 Å². The van der Waals surface area contributed by atoms with Crippen molar-refractivity contribution in [2.45, 2.75) is 117 Å². The van der Waals surface area contributed by atoms with Gasteiger partial charge in [0.25, 0.3) is 0 Å². The second kappa shape index (κ2) is 9.94. The molecule has 2 rings (SSSR count). The Kier molecular flexibility index (Phi) is 8.40. The van der Waals surface area contributed by atoms with E-state index in [-0.39, 0.29) is 6.10 Å². The number of hydrogen-bond donors (Lipinski definition) is 2. The first-order chi connectivity index (χ1) is 13.0. The van der Waals surface area contributed by atoms with Crippen LogP contribution in [0, 0.1) is 23.2 Å². The van der Waals surface area contributed by atoms with Crippen LogP contribution >= 0.6 is 0 Å². The standard InChI is InChI=1S/C26H46O2/c1-19(10-8-16-25(4,5)28)20(2)26(6)17-9-12-23(21(26)3)15-14-22-11-7-13-24(27)18-22/h14-15,19-21,24,27-28H,7-13,16-18H2,1-6H3/b22-14-,23-15+/t19-,20?,21?,24?,26?/m1/s1. The molecule has 0 aromatic carbocycles. The van der Waals surface area contributed by atoms with Crippen molar-refractivity contribution in [2.75, 3.05) is 0 Å². The molecule has 0 heterocycles. The Labute approximate surface area is 174 Å². The van der Waals surface area contributed by atoms with Gasteiger partial charge in [-0.2, -0.15) is 0 Å². The SMILES string of the molecule is CC1/C(=C/C=C2/CCCC(O)C2)CCCC1(C)C(C)[C@H](C)CCCC(C)(C)O. The summed E-state index contributed by atoms with van der Waals surface area (Å²) >= 11 is 0. The van der Waals surface area contributed by atoms with E-state index in [4.69, 9.17) is 0 Å². The third-order valence-electron chi connectivity index (χ3n) is 8.13. The van der Waals surface area contributed by atoms with Gasteiger partial charge in [0.15, 0.2) is 0 Å². The number of hydrogen-bond acceptors (Lipinski definition) is 2. The molecule has 2 aliphatic rings. The normalized spacial score (nSPS) is 34.6. The van der Waals surface area contributed by atoms with Crippen LogP contribution in [0.3, 0.4) is 0 Å². The maximum Gasteiger partial charge on any atom is 0.0591 e. The van der Waals surface area contributed by atoms with Crippen LogP contribution in [0.2, 0.25) is 0 Å².